The van der Waals surface area contributed by atoms with E-state index < -0.39 is 0 Å². The molecule has 0 bridgehead atoms. The van der Waals surface area contributed by atoms with E-state index in [9.17, 15) is 4.79 Å². The average Bonchev–Trinajstić information content (AvgIpc) is 3.22. The molecule has 1 aliphatic heterocycles. The van der Waals surface area contributed by atoms with Gasteiger partial charge in [-0.1, -0.05) is 35.5 Å². The first-order valence-corrected chi connectivity index (χ1v) is 8.46. The normalized spacial score (nSPS) is 17.9. The molecule has 0 N–H and O–H groups in total. The highest BCUT2D eigenvalue weighted by molar-refractivity contribution is 5.93. The molecule has 0 spiro atoms. The second-order valence-electron chi connectivity index (χ2n) is 6.45. The summed E-state index contributed by atoms with van der Waals surface area (Å²) in [7, 11) is 1.83. The molecule has 4 rings (SSSR count). The first kappa shape index (κ1) is 15.8. The van der Waals surface area contributed by atoms with Crippen LogP contribution >= 0.6 is 0 Å². The van der Waals surface area contributed by atoms with Crippen molar-refractivity contribution in [2.75, 3.05) is 13.1 Å². The standard InChI is InChI=1S/C19H20N4O2/c1-22-18-8-7-15(11-17(18)20-21-22)19(24)25-16-9-10-23(13-16)12-14-5-3-2-4-6-14/h2-8,11,16H,9-10,12-13H2,1H3/t16-/m1/s1. The largest absolute Gasteiger partial charge is 0.457 e. The van der Waals surface area contributed by atoms with Gasteiger partial charge in [0.25, 0.3) is 0 Å². The Kier molecular flexibility index (Phi) is 4.19. The van der Waals surface area contributed by atoms with E-state index >= 15 is 0 Å². The quantitative estimate of drug-likeness (QED) is 0.685. The predicted molar refractivity (Wildman–Crippen MR) is 94.0 cm³/mol. The summed E-state index contributed by atoms with van der Waals surface area (Å²) in [6.07, 6.45) is 0.806. The van der Waals surface area contributed by atoms with E-state index in [-0.39, 0.29) is 12.1 Å². The second-order valence-corrected chi connectivity index (χ2v) is 6.45. The minimum atomic E-state index is -0.292. The lowest BCUT2D eigenvalue weighted by molar-refractivity contribution is 0.0321. The number of likely N-dealkylation sites (tertiary alicyclic amines) is 1. The van der Waals surface area contributed by atoms with E-state index in [0.717, 1.165) is 31.6 Å². The number of hydrogen-bond acceptors (Lipinski definition) is 5. The summed E-state index contributed by atoms with van der Waals surface area (Å²) >= 11 is 0. The van der Waals surface area contributed by atoms with Crippen LogP contribution in [0.3, 0.4) is 0 Å². The number of esters is 1. The molecule has 1 atom stereocenters. The Labute approximate surface area is 146 Å². The Morgan fingerprint density at radius 2 is 2.08 bits per heavy atom. The molecule has 2 aromatic carbocycles. The van der Waals surface area contributed by atoms with E-state index in [4.69, 9.17) is 4.74 Å². The average molecular weight is 336 g/mol. The van der Waals surface area contributed by atoms with Crippen LogP contribution in [0.4, 0.5) is 0 Å². The molecule has 1 aromatic heterocycles. The fourth-order valence-corrected chi connectivity index (χ4v) is 3.27. The van der Waals surface area contributed by atoms with Gasteiger partial charge in [0.15, 0.2) is 0 Å². The van der Waals surface area contributed by atoms with Gasteiger partial charge < -0.3 is 4.74 Å². The highest BCUT2D eigenvalue weighted by atomic mass is 16.5. The van der Waals surface area contributed by atoms with Crippen molar-refractivity contribution in [2.45, 2.75) is 19.1 Å². The first-order valence-electron chi connectivity index (χ1n) is 8.46. The number of rotatable bonds is 4. The summed E-state index contributed by atoms with van der Waals surface area (Å²) in [4.78, 5) is 14.7. The van der Waals surface area contributed by atoms with Gasteiger partial charge in [0.2, 0.25) is 0 Å². The highest BCUT2D eigenvalue weighted by Gasteiger charge is 2.26. The lowest BCUT2D eigenvalue weighted by Crippen LogP contribution is -2.24. The van der Waals surface area contributed by atoms with Crippen LogP contribution < -0.4 is 0 Å². The van der Waals surface area contributed by atoms with Crippen molar-refractivity contribution in [2.24, 2.45) is 7.05 Å². The van der Waals surface area contributed by atoms with Crippen LogP contribution in [0, 0.1) is 0 Å². The Balaban J connectivity index is 1.37. The SMILES string of the molecule is Cn1nnc2cc(C(=O)O[C@@H]3CCN(Cc4ccccc4)C3)ccc21. The molecule has 6 nitrogen and oxygen atoms in total. The topological polar surface area (TPSA) is 60.3 Å². The lowest BCUT2D eigenvalue weighted by atomic mass is 10.2. The molecule has 0 unspecified atom stereocenters. The fourth-order valence-electron chi connectivity index (χ4n) is 3.27. The molecule has 0 radical (unpaired) electrons. The molecule has 2 heterocycles. The molecule has 0 aliphatic carbocycles. The van der Waals surface area contributed by atoms with Crippen molar-refractivity contribution in [1.29, 1.82) is 0 Å². The van der Waals surface area contributed by atoms with E-state index in [1.165, 1.54) is 5.56 Å². The van der Waals surface area contributed by atoms with Gasteiger partial charge in [-0.25, -0.2) is 9.48 Å². The van der Waals surface area contributed by atoms with E-state index in [0.29, 0.717) is 11.1 Å². The molecule has 25 heavy (non-hydrogen) atoms. The van der Waals surface area contributed by atoms with Crippen molar-refractivity contribution in [3.63, 3.8) is 0 Å². The maximum absolute atomic E-state index is 12.4. The van der Waals surface area contributed by atoms with Gasteiger partial charge in [0.05, 0.1) is 11.1 Å². The molecule has 1 fully saturated rings. The van der Waals surface area contributed by atoms with Crippen molar-refractivity contribution in [1.82, 2.24) is 19.9 Å². The van der Waals surface area contributed by atoms with Crippen molar-refractivity contribution < 1.29 is 9.53 Å². The van der Waals surface area contributed by atoms with E-state index in [1.807, 2.05) is 31.3 Å². The number of benzene rings is 2. The third-order valence-electron chi connectivity index (χ3n) is 4.60. The Morgan fingerprint density at radius 1 is 1.24 bits per heavy atom. The van der Waals surface area contributed by atoms with Gasteiger partial charge in [-0.05, 0) is 30.2 Å². The van der Waals surface area contributed by atoms with E-state index in [1.54, 1.807) is 16.8 Å². The van der Waals surface area contributed by atoms with Crippen molar-refractivity contribution in [3.8, 4) is 0 Å². The molecule has 128 valence electrons. The molecular weight excluding hydrogens is 316 g/mol. The maximum Gasteiger partial charge on any atom is 0.338 e. The van der Waals surface area contributed by atoms with Crippen LogP contribution in [-0.4, -0.2) is 45.1 Å². The van der Waals surface area contributed by atoms with Gasteiger partial charge in [-0.2, -0.15) is 0 Å². The fraction of sp³-hybridized carbons (Fsp3) is 0.316. The van der Waals surface area contributed by atoms with Gasteiger partial charge >= 0.3 is 5.97 Å². The summed E-state index contributed by atoms with van der Waals surface area (Å²) in [5.41, 5.74) is 3.40. The van der Waals surface area contributed by atoms with Crippen molar-refractivity contribution >= 4 is 17.0 Å². The van der Waals surface area contributed by atoms with Gasteiger partial charge in [0.1, 0.15) is 11.6 Å². The number of aryl methyl sites for hydroxylation is 1. The number of ether oxygens (including phenoxy) is 1. The maximum atomic E-state index is 12.4. The van der Waals surface area contributed by atoms with Crippen LogP contribution in [0.15, 0.2) is 48.5 Å². The molecule has 1 aliphatic rings. The summed E-state index contributed by atoms with van der Waals surface area (Å²) in [6.45, 7) is 2.60. The summed E-state index contributed by atoms with van der Waals surface area (Å²) in [5, 5.41) is 8.01. The zero-order valence-corrected chi connectivity index (χ0v) is 14.1. The zero-order valence-electron chi connectivity index (χ0n) is 14.1. The van der Waals surface area contributed by atoms with Crippen molar-refractivity contribution in [3.05, 3.63) is 59.7 Å². The van der Waals surface area contributed by atoms with Gasteiger partial charge in [-0.15, -0.1) is 5.10 Å². The first-order chi connectivity index (χ1) is 12.2. The number of nitrogens with zero attached hydrogens (tertiary/aromatic N) is 4. The number of carbonyl (C=O) groups is 1. The Hall–Kier alpha value is -2.73. The molecule has 3 aromatic rings. The number of carbonyl (C=O) groups excluding carboxylic acids is 1. The van der Waals surface area contributed by atoms with Gasteiger partial charge in [0, 0.05) is 26.7 Å². The molecule has 0 amide bonds. The summed E-state index contributed by atoms with van der Waals surface area (Å²) in [5.74, 6) is -0.292. The Bertz CT molecular complexity index is 891. The minimum Gasteiger partial charge on any atom is -0.457 e. The predicted octanol–water partition coefficient (Wildman–Crippen LogP) is 2.40. The van der Waals surface area contributed by atoms with Crippen LogP contribution in [0.25, 0.3) is 11.0 Å². The Morgan fingerprint density at radius 3 is 2.92 bits per heavy atom. The van der Waals surface area contributed by atoms with Gasteiger partial charge in [-0.3, -0.25) is 4.90 Å². The highest BCUT2D eigenvalue weighted by Crippen LogP contribution is 2.19. The van der Waals surface area contributed by atoms with Crippen LogP contribution in [0.2, 0.25) is 0 Å². The monoisotopic (exact) mass is 336 g/mol. The molecule has 1 saturated heterocycles. The van der Waals surface area contributed by atoms with Crippen LogP contribution in [-0.2, 0) is 18.3 Å². The number of hydrogen-bond donors (Lipinski definition) is 0. The third kappa shape index (κ3) is 3.39. The number of fused-ring (bicyclic) bond motifs is 1. The number of aromatic nitrogens is 3. The molecular formula is C19H20N4O2. The van der Waals surface area contributed by atoms with Crippen LogP contribution in [0.1, 0.15) is 22.3 Å². The second kappa shape index (κ2) is 6.64. The molecule has 0 saturated carbocycles. The lowest BCUT2D eigenvalue weighted by Gasteiger charge is -2.16. The zero-order chi connectivity index (χ0) is 17.2. The third-order valence-corrected chi connectivity index (χ3v) is 4.60. The van der Waals surface area contributed by atoms with E-state index in [2.05, 4.69) is 27.3 Å². The smallest absolute Gasteiger partial charge is 0.338 e. The summed E-state index contributed by atoms with van der Waals surface area (Å²) in [6, 6.07) is 15.7. The minimum absolute atomic E-state index is 0.0613. The van der Waals surface area contributed by atoms with Crippen LogP contribution in [0.5, 0.6) is 0 Å². The summed E-state index contributed by atoms with van der Waals surface area (Å²) < 4.78 is 7.37. The molecule has 6 heteroatoms.